The number of hydrogen-bond donors (Lipinski definition) is 1. The van der Waals surface area contributed by atoms with Crippen LogP contribution in [0.15, 0.2) is 11.7 Å². The van der Waals surface area contributed by atoms with Gasteiger partial charge in [0, 0.05) is 13.1 Å². The maximum atomic E-state index is 5.87. The summed E-state index contributed by atoms with van der Waals surface area (Å²) in [6.07, 6.45) is 2.81. The molecule has 2 N–H and O–H groups in total. The summed E-state index contributed by atoms with van der Waals surface area (Å²) in [6, 6.07) is 0. The van der Waals surface area contributed by atoms with E-state index in [1.54, 1.807) is 17.7 Å². The zero-order chi connectivity index (χ0) is 12.8. The highest BCUT2D eigenvalue weighted by molar-refractivity contribution is 7.18. The monoisotopic (exact) mass is 262 g/mol. The van der Waals surface area contributed by atoms with Crippen molar-refractivity contribution < 1.29 is 0 Å². The van der Waals surface area contributed by atoms with Crippen LogP contribution in [-0.4, -0.2) is 29.6 Å². The summed E-state index contributed by atoms with van der Waals surface area (Å²) in [5, 5.41) is 2.15. The average Bonchev–Trinajstić information content (AvgIpc) is 2.95. The molecule has 0 saturated carbocycles. The van der Waals surface area contributed by atoms with Crippen LogP contribution in [0.3, 0.4) is 0 Å². The lowest BCUT2D eigenvalue weighted by Crippen LogP contribution is -2.31. The summed E-state index contributed by atoms with van der Waals surface area (Å²) in [6.45, 7) is 7.12. The molecule has 1 fully saturated rings. The van der Waals surface area contributed by atoms with Gasteiger partial charge in [0.15, 0.2) is 0 Å². The van der Waals surface area contributed by atoms with E-state index in [9.17, 15) is 0 Å². The molecule has 1 aliphatic heterocycles. The van der Waals surface area contributed by atoms with Crippen molar-refractivity contribution in [2.24, 2.45) is 11.1 Å². The summed E-state index contributed by atoms with van der Waals surface area (Å²) in [7, 11) is 0. The Morgan fingerprint density at radius 2 is 2.33 bits per heavy atom. The Labute approximate surface area is 111 Å². The molecule has 2 aromatic rings. The second-order valence-corrected chi connectivity index (χ2v) is 6.36. The van der Waals surface area contributed by atoms with Gasteiger partial charge in [-0.1, -0.05) is 6.92 Å². The number of thiophene rings is 1. The van der Waals surface area contributed by atoms with Crippen LogP contribution < -0.4 is 10.6 Å². The lowest BCUT2D eigenvalue weighted by atomic mass is 9.90. The standard InChI is InChI=1S/C13H18N4S/c1-9-5-18-11-10(9)15-8-16-12(11)17-4-3-13(2,6-14)7-17/h5,8H,3-4,6-7,14H2,1-2H3. The van der Waals surface area contributed by atoms with E-state index in [0.717, 1.165) is 37.4 Å². The number of aromatic nitrogens is 2. The van der Waals surface area contributed by atoms with Gasteiger partial charge in [-0.3, -0.25) is 0 Å². The fourth-order valence-corrected chi connectivity index (χ4v) is 3.57. The van der Waals surface area contributed by atoms with Gasteiger partial charge in [0.05, 0.1) is 10.2 Å². The van der Waals surface area contributed by atoms with E-state index in [1.807, 2.05) is 0 Å². The third kappa shape index (κ3) is 1.78. The van der Waals surface area contributed by atoms with E-state index in [4.69, 9.17) is 5.73 Å². The summed E-state index contributed by atoms with van der Waals surface area (Å²) in [4.78, 5) is 11.2. The number of rotatable bonds is 2. The van der Waals surface area contributed by atoms with Gasteiger partial charge in [-0.25, -0.2) is 9.97 Å². The second kappa shape index (κ2) is 4.17. The van der Waals surface area contributed by atoms with Crippen LogP contribution >= 0.6 is 11.3 Å². The van der Waals surface area contributed by atoms with Crippen LogP contribution in [0, 0.1) is 12.3 Å². The first kappa shape index (κ1) is 11.9. The molecule has 3 heterocycles. The van der Waals surface area contributed by atoms with Crippen molar-refractivity contribution in [2.45, 2.75) is 20.3 Å². The molecule has 1 atom stereocenters. The van der Waals surface area contributed by atoms with Gasteiger partial charge in [0.25, 0.3) is 0 Å². The SMILES string of the molecule is Cc1csc2c(N3CCC(C)(CN)C3)ncnc12. The zero-order valence-electron chi connectivity index (χ0n) is 10.8. The first-order valence-corrected chi connectivity index (χ1v) is 7.15. The fraction of sp³-hybridized carbons (Fsp3) is 0.538. The molecule has 4 nitrogen and oxygen atoms in total. The number of hydrogen-bond acceptors (Lipinski definition) is 5. The third-order valence-electron chi connectivity index (χ3n) is 3.86. The molecule has 0 aliphatic carbocycles. The van der Waals surface area contributed by atoms with Gasteiger partial charge < -0.3 is 10.6 Å². The molecule has 5 heteroatoms. The topological polar surface area (TPSA) is 55.0 Å². The molecule has 0 bridgehead atoms. The van der Waals surface area contributed by atoms with Gasteiger partial charge in [0.1, 0.15) is 12.1 Å². The van der Waals surface area contributed by atoms with Gasteiger partial charge in [-0.2, -0.15) is 0 Å². The first-order valence-electron chi connectivity index (χ1n) is 6.27. The minimum atomic E-state index is 0.226. The highest BCUT2D eigenvalue weighted by Crippen LogP contribution is 2.36. The van der Waals surface area contributed by atoms with Crippen LogP contribution in [0.5, 0.6) is 0 Å². The van der Waals surface area contributed by atoms with Crippen LogP contribution in [0.4, 0.5) is 5.82 Å². The van der Waals surface area contributed by atoms with Crippen molar-refractivity contribution in [3.63, 3.8) is 0 Å². The minimum Gasteiger partial charge on any atom is -0.355 e. The third-order valence-corrected chi connectivity index (χ3v) is 4.95. The molecule has 96 valence electrons. The lowest BCUT2D eigenvalue weighted by molar-refractivity contribution is 0.383. The number of aryl methyl sites for hydroxylation is 1. The van der Waals surface area contributed by atoms with E-state index in [1.165, 1.54) is 10.3 Å². The van der Waals surface area contributed by atoms with E-state index in [-0.39, 0.29) is 5.41 Å². The molecule has 0 spiro atoms. The minimum absolute atomic E-state index is 0.226. The Balaban J connectivity index is 2.01. The normalized spacial score (nSPS) is 24.1. The van der Waals surface area contributed by atoms with Crippen molar-refractivity contribution in [3.8, 4) is 0 Å². The van der Waals surface area contributed by atoms with E-state index in [0.29, 0.717) is 0 Å². The molecular weight excluding hydrogens is 244 g/mol. The van der Waals surface area contributed by atoms with Gasteiger partial charge in [-0.05, 0) is 36.2 Å². The Morgan fingerprint density at radius 3 is 3.06 bits per heavy atom. The number of nitrogens with zero attached hydrogens (tertiary/aromatic N) is 3. The number of nitrogens with two attached hydrogens (primary N) is 1. The average molecular weight is 262 g/mol. The molecule has 1 unspecified atom stereocenters. The van der Waals surface area contributed by atoms with Crippen molar-refractivity contribution in [3.05, 3.63) is 17.3 Å². The molecule has 2 aromatic heterocycles. The molecular formula is C13H18N4S. The maximum absolute atomic E-state index is 5.87. The highest BCUT2D eigenvalue weighted by Gasteiger charge is 2.34. The zero-order valence-corrected chi connectivity index (χ0v) is 11.6. The van der Waals surface area contributed by atoms with Gasteiger partial charge in [-0.15, -0.1) is 11.3 Å². The van der Waals surface area contributed by atoms with E-state index >= 15 is 0 Å². The Morgan fingerprint density at radius 1 is 1.50 bits per heavy atom. The molecule has 18 heavy (non-hydrogen) atoms. The molecule has 1 aliphatic rings. The predicted octanol–water partition coefficient (Wildman–Crippen LogP) is 2.17. The summed E-state index contributed by atoms with van der Waals surface area (Å²) in [5.74, 6) is 1.08. The highest BCUT2D eigenvalue weighted by atomic mass is 32.1. The lowest BCUT2D eigenvalue weighted by Gasteiger charge is -2.23. The first-order chi connectivity index (χ1) is 8.63. The smallest absolute Gasteiger partial charge is 0.150 e. The molecule has 0 amide bonds. The fourth-order valence-electron chi connectivity index (χ4n) is 2.55. The summed E-state index contributed by atoms with van der Waals surface area (Å²) < 4.78 is 1.20. The van der Waals surface area contributed by atoms with Crippen molar-refractivity contribution in [2.75, 3.05) is 24.5 Å². The van der Waals surface area contributed by atoms with E-state index < -0.39 is 0 Å². The largest absolute Gasteiger partial charge is 0.355 e. The van der Waals surface area contributed by atoms with Gasteiger partial charge in [0.2, 0.25) is 0 Å². The quantitative estimate of drug-likeness (QED) is 0.901. The summed E-state index contributed by atoms with van der Waals surface area (Å²) >= 11 is 1.74. The van der Waals surface area contributed by atoms with Gasteiger partial charge >= 0.3 is 0 Å². The van der Waals surface area contributed by atoms with Crippen LogP contribution in [-0.2, 0) is 0 Å². The van der Waals surface area contributed by atoms with Crippen molar-refractivity contribution in [1.82, 2.24) is 9.97 Å². The molecule has 0 radical (unpaired) electrons. The second-order valence-electron chi connectivity index (χ2n) is 5.48. The Bertz CT molecular complexity index is 579. The Kier molecular flexibility index (Phi) is 2.75. The Hall–Kier alpha value is -1.20. The van der Waals surface area contributed by atoms with Crippen molar-refractivity contribution in [1.29, 1.82) is 0 Å². The number of anilines is 1. The maximum Gasteiger partial charge on any atom is 0.150 e. The van der Waals surface area contributed by atoms with Crippen LogP contribution in [0.25, 0.3) is 10.2 Å². The molecule has 3 rings (SSSR count). The van der Waals surface area contributed by atoms with Crippen molar-refractivity contribution >= 4 is 27.4 Å². The summed E-state index contributed by atoms with van der Waals surface area (Å²) in [5.41, 5.74) is 8.42. The predicted molar refractivity (Wildman–Crippen MR) is 76.1 cm³/mol. The van der Waals surface area contributed by atoms with Crippen LogP contribution in [0.2, 0.25) is 0 Å². The van der Waals surface area contributed by atoms with E-state index in [2.05, 4.69) is 34.1 Å². The molecule has 0 aromatic carbocycles. The number of fused-ring (bicyclic) bond motifs is 1. The molecule has 1 saturated heterocycles. The van der Waals surface area contributed by atoms with Crippen LogP contribution in [0.1, 0.15) is 18.9 Å².